The van der Waals surface area contributed by atoms with Crippen molar-refractivity contribution in [1.82, 2.24) is 0 Å². The van der Waals surface area contributed by atoms with Crippen LogP contribution in [0.5, 0.6) is 0 Å². The molecule has 0 radical (unpaired) electrons. The Hall–Kier alpha value is 0. The highest BCUT2D eigenvalue weighted by atomic mass is 13.4. The van der Waals surface area contributed by atoms with Crippen LogP contribution in [0.3, 0.4) is 0 Å². The SMILES string of the molecule is C.C.C.CC.CCC.CCC.CCC. The topological polar surface area (TPSA) is 0 Å². The lowest BCUT2D eigenvalue weighted by atomic mass is 10.6. The second kappa shape index (κ2) is 208. The maximum Gasteiger partial charge on any atom is -0.0590 e. The lowest BCUT2D eigenvalue weighted by molar-refractivity contribution is 1.09. The van der Waals surface area contributed by atoms with Crippen LogP contribution < -0.4 is 0 Å². The van der Waals surface area contributed by atoms with Crippen LogP contribution >= 0.6 is 0 Å². The van der Waals surface area contributed by atoms with Crippen LogP contribution in [-0.2, 0) is 0 Å². The van der Waals surface area contributed by atoms with Crippen molar-refractivity contribution in [2.75, 3.05) is 0 Å². The van der Waals surface area contributed by atoms with Gasteiger partial charge in [-0.05, 0) is 0 Å². The molecule has 0 aliphatic carbocycles. The lowest BCUT2D eigenvalue weighted by Gasteiger charge is -1.48. The predicted octanol–water partition coefficient (Wildman–Crippen LogP) is 7.18. The molecule has 0 bridgehead atoms. The summed E-state index contributed by atoms with van der Waals surface area (Å²) >= 11 is 0. The maximum absolute atomic E-state index is 2.12. The summed E-state index contributed by atoms with van der Waals surface area (Å²) in [5.74, 6) is 0. The monoisotopic (exact) mass is 210 g/mol. The van der Waals surface area contributed by atoms with Crippen molar-refractivity contribution in [1.29, 1.82) is 0 Å². The lowest BCUT2D eigenvalue weighted by Crippen LogP contribution is -1.27. The molecule has 0 saturated carbocycles. The van der Waals surface area contributed by atoms with Gasteiger partial charge in [0.1, 0.15) is 0 Å². The van der Waals surface area contributed by atoms with Gasteiger partial charge in [-0.3, -0.25) is 0 Å². The zero-order chi connectivity index (χ0) is 10.1. The van der Waals surface area contributed by atoms with Crippen molar-refractivity contribution in [2.45, 2.75) is 96.9 Å². The van der Waals surface area contributed by atoms with Crippen molar-refractivity contribution in [3.05, 3.63) is 0 Å². The van der Waals surface area contributed by atoms with Crippen LogP contribution in [0, 0.1) is 0 Å². The molecule has 0 aromatic heterocycles. The summed E-state index contributed by atoms with van der Waals surface area (Å²) in [6.45, 7) is 16.8. The molecule has 0 aromatic rings. The second-order valence-corrected chi connectivity index (χ2v) is 2.12. The van der Waals surface area contributed by atoms with Crippen molar-refractivity contribution in [2.24, 2.45) is 0 Å². The average Bonchev–Trinajstić information content (AvgIpc) is 1.96. The molecule has 0 fully saturated rings. The van der Waals surface area contributed by atoms with Gasteiger partial charge < -0.3 is 0 Å². The van der Waals surface area contributed by atoms with E-state index < -0.39 is 0 Å². The van der Waals surface area contributed by atoms with E-state index in [0.717, 1.165) is 0 Å². The Bertz CT molecular complexity index is 4.75. The summed E-state index contributed by atoms with van der Waals surface area (Å²) in [6.07, 6.45) is 3.75. The first kappa shape index (κ1) is 48.3. The standard InChI is InChI=1S/3C3H8.C2H6.3CH4/c3*1-3-2;1-2;;;/h3*3H2,1-2H3;1-2H3;3*1H4. The Morgan fingerprint density at radius 3 is 0.429 bits per heavy atom. The van der Waals surface area contributed by atoms with Gasteiger partial charge in [0.15, 0.2) is 0 Å². The highest BCUT2D eigenvalue weighted by Gasteiger charge is 1.36. The van der Waals surface area contributed by atoms with Crippen molar-refractivity contribution >= 4 is 0 Å². The third kappa shape index (κ3) is 0. The van der Waals surface area contributed by atoms with Crippen LogP contribution in [0.25, 0.3) is 0 Å². The van der Waals surface area contributed by atoms with E-state index in [2.05, 4.69) is 41.5 Å². The van der Waals surface area contributed by atoms with E-state index in [1.807, 2.05) is 13.8 Å². The Labute approximate surface area is 97.5 Å². The van der Waals surface area contributed by atoms with E-state index in [-0.39, 0.29) is 22.3 Å². The minimum atomic E-state index is 0. The molecule has 0 unspecified atom stereocenters. The third-order valence-corrected chi connectivity index (χ3v) is 0. The van der Waals surface area contributed by atoms with Gasteiger partial charge in [0.25, 0.3) is 0 Å². The molecule has 0 N–H and O–H groups in total. The Morgan fingerprint density at radius 1 is 0.429 bits per heavy atom. The van der Waals surface area contributed by atoms with Gasteiger partial charge >= 0.3 is 0 Å². The second-order valence-electron chi connectivity index (χ2n) is 2.12. The molecule has 0 saturated heterocycles. The van der Waals surface area contributed by atoms with Gasteiger partial charge in [-0.25, -0.2) is 0 Å². The molecule has 0 aliphatic rings. The summed E-state index contributed by atoms with van der Waals surface area (Å²) < 4.78 is 0. The smallest absolute Gasteiger partial charge is 0.0590 e. The van der Waals surface area contributed by atoms with Crippen LogP contribution in [-0.4, -0.2) is 0 Å². The van der Waals surface area contributed by atoms with Crippen molar-refractivity contribution in [3.8, 4) is 0 Å². The quantitative estimate of drug-likeness (QED) is 0.397. The summed E-state index contributed by atoms with van der Waals surface area (Å²) in [6, 6.07) is 0. The summed E-state index contributed by atoms with van der Waals surface area (Å²) in [5, 5.41) is 0. The molecular formula is C14H42. The minimum Gasteiger partial charge on any atom is -0.0776 e. The van der Waals surface area contributed by atoms with Crippen LogP contribution in [0.15, 0.2) is 0 Å². The Kier molecular flexibility index (Phi) is 717. The van der Waals surface area contributed by atoms with Crippen LogP contribution in [0.2, 0.25) is 0 Å². The fraction of sp³-hybridized carbons (Fsp3) is 1.00. The van der Waals surface area contributed by atoms with Crippen molar-refractivity contribution < 1.29 is 0 Å². The highest BCUT2D eigenvalue weighted by molar-refractivity contribution is 3.92. The fourth-order valence-corrected chi connectivity index (χ4v) is 0. The minimum absolute atomic E-state index is 0. The Morgan fingerprint density at radius 2 is 0.429 bits per heavy atom. The van der Waals surface area contributed by atoms with Gasteiger partial charge in [0, 0.05) is 0 Å². The molecule has 0 heterocycles. The number of hydrogen-bond acceptors (Lipinski definition) is 0. The summed E-state index contributed by atoms with van der Waals surface area (Å²) in [5.41, 5.74) is 0. The Balaban J connectivity index is -0.00000000880. The van der Waals surface area contributed by atoms with Gasteiger partial charge in [-0.15, -0.1) is 0 Å². The first-order valence-corrected chi connectivity index (χ1v) is 5.24. The van der Waals surface area contributed by atoms with Gasteiger partial charge in [0.2, 0.25) is 0 Å². The van der Waals surface area contributed by atoms with E-state index in [9.17, 15) is 0 Å². The zero-order valence-electron chi connectivity index (χ0n) is 10.1. The molecule has 0 heteroatoms. The molecule has 98 valence electrons. The third-order valence-electron chi connectivity index (χ3n) is 0. The molecule has 0 rings (SSSR count). The van der Waals surface area contributed by atoms with Crippen molar-refractivity contribution in [3.63, 3.8) is 0 Å². The van der Waals surface area contributed by atoms with Gasteiger partial charge in [0.05, 0.1) is 0 Å². The molecule has 0 aromatic carbocycles. The molecule has 14 heavy (non-hydrogen) atoms. The van der Waals surface area contributed by atoms with E-state index in [4.69, 9.17) is 0 Å². The molecule has 0 nitrogen and oxygen atoms in total. The van der Waals surface area contributed by atoms with E-state index in [1.54, 1.807) is 0 Å². The fourth-order valence-electron chi connectivity index (χ4n) is 0. The normalized spacial score (nSPS) is 4.29. The van der Waals surface area contributed by atoms with Crippen LogP contribution in [0.4, 0.5) is 0 Å². The first-order chi connectivity index (χ1) is 5.24. The maximum atomic E-state index is 2.12. The molecule has 0 amide bonds. The van der Waals surface area contributed by atoms with Gasteiger partial charge in [-0.1, -0.05) is 96.9 Å². The summed E-state index contributed by atoms with van der Waals surface area (Å²) in [4.78, 5) is 0. The van der Waals surface area contributed by atoms with Crippen LogP contribution in [0.1, 0.15) is 96.9 Å². The average molecular weight is 210 g/mol. The molecular weight excluding hydrogens is 168 g/mol. The largest absolute Gasteiger partial charge is 0.0776 e. The molecule has 0 spiro atoms. The molecule has 0 atom stereocenters. The van der Waals surface area contributed by atoms with E-state index in [0.29, 0.717) is 0 Å². The van der Waals surface area contributed by atoms with Gasteiger partial charge in [-0.2, -0.15) is 0 Å². The number of hydrogen-bond donors (Lipinski definition) is 0. The summed E-state index contributed by atoms with van der Waals surface area (Å²) in [7, 11) is 0. The zero-order valence-corrected chi connectivity index (χ0v) is 10.1. The predicted molar refractivity (Wildman–Crippen MR) is 79.4 cm³/mol. The number of rotatable bonds is 0. The highest BCUT2D eigenvalue weighted by Crippen LogP contribution is 1.56. The first-order valence-electron chi connectivity index (χ1n) is 5.24. The van der Waals surface area contributed by atoms with E-state index >= 15 is 0 Å². The molecule has 0 aliphatic heterocycles. The van der Waals surface area contributed by atoms with E-state index in [1.165, 1.54) is 19.3 Å².